The number of aliphatic imine (C=N–C) groups is 1. The molecule has 3 rings (SSSR count). The topological polar surface area (TPSA) is 101 Å². The highest BCUT2D eigenvalue weighted by Crippen LogP contribution is 2.22. The number of benzene rings is 1. The van der Waals surface area contributed by atoms with Gasteiger partial charge in [-0.2, -0.15) is 4.98 Å². The van der Waals surface area contributed by atoms with Crippen LogP contribution in [0.25, 0.3) is 11.4 Å². The predicted molar refractivity (Wildman–Crippen MR) is 127 cm³/mol. The molecule has 0 bridgehead atoms. The number of nitrogens with zero attached hydrogens (tertiary/aromatic N) is 4. The summed E-state index contributed by atoms with van der Waals surface area (Å²) in [6.07, 6.45) is 1.76. The Balaban J connectivity index is 0.00000320. The molecule has 162 valence electrons. The van der Waals surface area contributed by atoms with Gasteiger partial charge in [0.2, 0.25) is 17.6 Å². The summed E-state index contributed by atoms with van der Waals surface area (Å²) in [5, 5.41) is 11.0. The molecular weight excluding hydrogens is 519 g/mol. The second-order valence-corrected chi connectivity index (χ2v) is 7.88. The van der Waals surface area contributed by atoms with Gasteiger partial charge < -0.3 is 19.6 Å². The van der Waals surface area contributed by atoms with E-state index in [-0.39, 0.29) is 35.9 Å². The van der Waals surface area contributed by atoms with Crippen molar-refractivity contribution in [2.24, 2.45) is 4.99 Å². The molecule has 3 aromatic rings. The monoisotopic (exact) mass is 544 g/mol. The average molecular weight is 545 g/mol. The molecule has 1 aromatic carbocycles. The molecule has 0 aliphatic carbocycles. The molecule has 0 spiro atoms. The Hall–Kier alpha value is -2.14. The van der Waals surface area contributed by atoms with Gasteiger partial charge in [-0.1, -0.05) is 49.7 Å². The van der Waals surface area contributed by atoms with Crippen molar-refractivity contribution in [1.29, 1.82) is 0 Å². The van der Waals surface area contributed by atoms with E-state index in [1.54, 1.807) is 18.3 Å². The lowest BCUT2D eigenvalue weighted by atomic mass is 9.94. The normalized spacial score (nSPS) is 11.8. The molecule has 0 aliphatic heterocycles. The number of halogens is 2. The molecule has 0 saturated heterocycles. The first-order valence-electron chi connectivity index (χ1n) is 9.41. The van der Waals surface area contributed by atoms with Crippen molar-refractivity contribution in [3.63, 3.8) is 0 Å². The lowest BCUT2D eigenvalue weighted by molar-refractivity contribution is 0.378. The van der Waals surface area contributed by atoms with Crippen LogP contribution in [0.3, 0.4) is 0 Å². The van der Waals surface area contributed by atoms with Crippen LogP contribution in [0.5, 0.6) is 0 Å². The van der Waals surface area contributed by atoms with Crippen molar-refractivity contribution in [1.82, 2.24) is 25.8 Å². The van der Waals surface area contributed by atoms with Crippen molar-refractivity contribution in [3.8, 4) is 11.4 Å². The number of oxazole rings is 1. The van der Waals surface area contributed by atoms with E-state index in [0.29, 0.717) is 41.7 Å². The number of rotatable bonds is 6. The summed E-state index contributed by atoms with van der Waals surface area (Å²) in [5.41, 5.74) is 0.711. The molecule has 30 heavy (non-hydrogen) atoms. The standard InChI is InChI=1S/C20H25ClN6O2.HI/c1-5-22-19(24-11-16-23-10-15(28-16)20(2,3)4)25-12-17-26-18(27-29-17)13-7-6-8-14(21)9-13;/h6-10H,5,11-12H2,1-4H3,(H2,22,24,25);1H. The number of hydrogen-bond acceptors (Lipinski definition) is 6. The van der Waals surface area contributed by atoms with Crippen LogP contribution in [-0.4, -0.2) is 27.6 Å². The van der Waals surface area contributed by atoms with E-state index in [1.165, 1.54) is 0 Å². The molecule has 2 aromatic heterocycles. The summed E-state index contributed by atoms with van der Waals surface area (Å²) in [4.78, 5) is 13.2. The van der Waals surface area contributed by atoms with Gasteiger partial charge in [0.05, 0.1) is 12.7 Å². The minimum atomic E-state index is -0.0809. The van der Waals surface area contributed by atoms with Gasteiger partial charge in [0.15, 0.2) is 5.96 Å². The van der Waals surface area contributed by atoms with Crippen LogP contribution in [0.15, 0.2) is 44.4 Å². The summed E-state index contributed by atoms with van der Waals surface area (Å²) >= 11 is 6.01. The number of hydrogen-bond donors (Lipinski definition) is 2. The zero-order valence-corrected chi connectivity index (χ0v) is 20.5. The van der Waals surface area contributed by atoms with Gasteiger partial charge >= 0.3 is 0 Å². The van der Waals surface area contributed by atoms with Crippen molar-refractivity contribution in [2.45, 2.75) is 46.2 Å². The highest BCUT2D eigenvalue weighted by molar-refractivity contribution is 14.0. The van der Waals surface area contributed by atoms with E-state index >= 15 is 0 Å². The zero-order valence-electron chi connectivity index (χ0n) is 17.4. The molecule has 2 N–H and O–H groups in total. The third kappa shape index (κ3) is 6.69. The van der Waals surface area contributed by atoms with Crippen molar-refractivity contribution in [3.05, 3.63) is 53.0 Å². The van der Waals surface area contributed by atoms with Crippen LogP contribution in [0.1, 0.15) is 45.2 Å². The van der Waals surface area contributed by atoms with E-state index in [9.17, 15) is 0 Å². The highest BCUT2D eigenvalue weighted by atomic mass is 127. The summed E-state index contributed by atoms with van der Waals surface area (Å²) in [6, 6.07) is 7.29. The smallest absolute Gasteiger partial charge is 0.248 e. The van der Waals surface area contributed by atoms with Crippen LogP contribution in [0, 0.1) is 0 Å². The summed E-state index contributed by atoms with van der Waals surface area (Å²) in [6.45, 7) is 9.60. The van der Waals surface area contributed by atoms with Crippen molar-refractivity contribution < 1.29 is 8.94 Å². The fourth-order valence-corrected chi connectivity index (χ4v) is 2.64. The lowest BCUT2D eigenvalue weighted by Crippen LogP contribution is -2.36. The molecule has 0 saturated carbocycles. The average Bonchev–Trinajstić information content (AvgIpc) is 3.33. The lowest BCUT2D eigenvalue weighted by Gasteiger charge is -2.13. The number of nitrogens with one attached hydrogen (secondary N) is 2. The maximum Gasteiger partial charge on any atom is 0.248 e. The van der Waals surface area contributed by atoms with Gasteiger partial charge in [-0.3, -0.25) is 0 Å². The molecule has 0 atom stereocenters. The first-order valence-corrected chi connectivity index (χ1v) is 9.79. The van der Waals surface area contributed by atoms with Crippen LogP contribution >= 0.6 is 35.6 Å². The minimum Gasteiger partial charge on any atom is -0.443 e. The molecule has 0 amide bonds. The first kappa shape index (κ1) is 24.1. The van der Waals surface area contributed by atoms with Crippen LogP contribution in [-0.2, 0) is 18.5 Å². The molecule has 10 heteroatoms. The van der Waals surface area contributed by atoms with Gasteiger partial charge in [0.1, 0.15) is 12.3 Å². The molecule has 0 radical (unpaired) electrons. The van der Waals surface area contributed by atoms with E-state index in [2.05, 4.69) is 51.5 Å². The summed E-state index contributed by atoms with van der Waals surface area (Å²) < 4.78 is 11.1. The quantitative estimate of drug-likeness (QED) is 0.267. The molecule has 2 heterocycles. The van der Waals surface area contributed by atoms with Gasteiger partial charge in [-0.15, -0.1) is 24.0 Å². The second-order valence-electron chi connectivity index (χ2n) is 7.44. The number of aromatic nitrogens is 3. The Kier molecular flexibility index (Phi) is 8.65. The van der Waals surface area contributed by atoms with Crippen molar-refractivity contribution >= 4 is 41.5 Å². The van der Waals surface area contributed by atoms with E-state index in [0.717, 1.165) is 11.3 Å². The third-order valence-electron chi connectivity index (χ3n) is 3.97. The predicted octanol–water partition coefficient (Wildman–Crippen LogP) is 4.55. The Morgan fingerprint density at radius 3 is 2.67 bits per heavy atom. The number of guanidine groups is 1. The third-order valence-corrected chi connectivity index (χ3v) is 4.20. The zero-order chi connectivity index (χ0) is 20.9. The maximum atomic E-state index is 6.01. The second kappa shape index (κ2) is 10.8. The summed E-state index contributed by atoms with van der Waals surface area (Å²) in [7, 11) is 0. The van der Waals surface area contributed by atoms with Gasteiger partial charge in [0.25, 0.3) is 0 Å². The van der Waals surface area contributed by atoms with Crippen molar-refractivity contribution in [2.75, 3.05) is 6.54 Å². The van der Waals surface area contributed by atoms with E-state index < -0.39 is 0 Å². The highest BCUT2D eigenvalue weighted by Gasteiger charge is 2.19. The van der Waals surface area contributed by atoms with Crippen LogP contribution in [0.4, 0.5) is 0 Å². The maximum absolute atomic E-state index is 6.01. The minimum absolute atomic E-state index is 0. The van der Waals surface area contributed by atoms with Gasteiger partial charge in [-0.25, -0.2) is 9.98 Å². The Morgan fingerprint density at radius 1 is 1.20 bits per heavy atom. The Labute approximate surface area is 197 Å². The fourth-order valence-electron chi connectivity index (χ4n) is 2.45. The molecule has 0 fully saturated rings. The Morgan fingerprint density at radius 2 is 2.00 bits per heavy atom. The SMILES string of the molecule is CCNC(=NCc1nc(-c2cccc(Cl)c2)no1)NCc1ncc(C(C)(C)C)o1.I. The van der Waals surface area contributed by atoms with E-state index in [4.69, 9.17) is 20.5 Å². The van der Waals surface area contributed by atoms with Crippen LogP contribution in [0.2, 0.25) is 5.02 Å². The summed E-state index contributed by atoms with van der Waals surface area (Å²) in [5.74, 6) is 2.93. The molecule has 8 nitrogen and oxygen atoms in total. The molecule has 0 unspecified atom stereocenters. The van der Waals surface area contributed by atoms with Gasteiger partial charge in [0, 0.05) is 22.5 Å². The largest absolute Gasteiger partial charge is 0.443 e. The Bertz CT molecular complexity index is 980. The van der Waals surface area contributed by atoms with E-state index in [1.807, 2.05) is 19.1 Å². The van der Waals surface area contributed by atoms with Crippen LogP contribution < -0.4 is 10.6 Å². The molecule has 0 aliphatic rings. The first-order chi connectivity index (χ1) is 13.8. The molecular formula is C20H26ClIN6O2. The fraction of sp³-hybridized carbons (Fsp3) is 0.400. The van der Waals surface area contributed by atoms with Gasteiger partial charge in [-0.05, 0) is 19.1 Å².